The lowest BCUT2D eigenvalue weighted by molar-refractivity contribution is 0.0775. The molecule has 4 nitrogen and oxygen atoms in total. The van der Waals surface area contributed by atoms with Gasteiger partial charge < -0.3 is 10.1 Å². The standard InChI is InChI=1S/C21H31N3OS/c1-14-23-18(13-22-16-6-10-25-11-7-16)17-12-19(26-20(17)24-14)15-4-8-21(2,3)9-5-15/h12,15-16,22H,4-11,13H2,1-3H3. The van der Waals surface area contributed by atoms with Crippen molar-refractivity contribution in [2.24, 2.45) is 5.41 Å². The Kier molecular flexibility index (Phi) is 5.31. The Balaban J connectivity index is 1.53. The van der Waals surface area contributed by atoms with Crippen LogP contribution < -0.4 is 5.32 Å². The highest BCUT2D eigenvalue weighted by Gasteiger charge is 2.29. The molecular weight excluding hydrogens is 342 g/mol. The Bertz CT molecular complexity index is 754. The maximum absolute atomic E-state index is 5.46. The molecule has 2 fully saturated rings. The van der Waals surface area contributed by atoms with E-state index in [0.29, 0.717) is 17.4 Å². The maximum atomic E-state index is 5.46. The zero-order valence-electron chi connectivity index (χ0n) is 16.3. The van der Waals surface area contributed by atoms with Gasteiger partial charge in [0.05, 0.1) is 5.69 Å². The second-order valence-electron chi connectivity index (χ2n) is 8.79. The molecule has 1 saturated carbocycles. The minimum Gasteiger partial charge on any atom is -0.381 e. The molecule has 1 aliphatic heterocycles. The lowest BCUT2D eigenvalue weighted by Gasteiger charge is -2.33. The fourth-order valence-corrected chi connectivity index (χ4v) is 5.55. The predicted molar refractivity (Wildman–Crippen MR) is 108 cm³/mol. The molecule has 0 amide bonds. The van der Waals surface area contributed by atoms with Crippen molar-refractivity contribution in [3.05, 3.63) is 22.5 Å². The van der Waals surface area contributed by atoms with E-state index in [9.17, 15) is 0 Å². The van der Waals surface area contributed by atoms with E-state index >= 15 is 0 Å². The summed E-state index contributed by atoms with van der Waals surface area (Å²) in [6.45, 7) is 9.40. The molecular formula is C21H31N3OS. The van der Waals surface area contributed by atoms with Crippen LogP contribution in [0.1, 0.15) is 74.7 Å². The summed E-state index contributed by atoms with van der Waals surface area (Å²) in [7, 11) is 0. The topological polar surface area (TPSA) is 47.0 Å². The molecule has 2 aromatic rings. The van der Waals surface area contributed by atoms with Crippen molar-refractivity contribution < 1.29 is 4.74 Å². The molecule has 1 saturated heterocycles. The molecule has 0 radical (unpaired) electrons. The van der Waals surface area contributed by atoms with Crippen molar-refractivity contribution in [2.75, 3.05) is 13.2 Å². The molecule has 5 heteroatoms. The highest BCUT2D eigenvalue weighted by atomic mass is 32.1. The first kappa shape index (κ1) is 18.3. The van der Waals surface area contributed by atoms with E-state index in [1.165, 1.54) is 40.8 Å². The van der Waals surface area contributed by atoms with Gasteiger partial charge in [0.2, 0.25) is 0 Å². The third-order valence-corrected chi connectivity index (χ3v) is 7.31. The Morgan fingerprint density at radius 2 is 1.88 bits per heavy atom. The van der Waals surface area contributed by atoms with E-state index in [4.69, 9.17) is 14.7 Å². The van der Waals surface area contributed by atoms with Gasteiger partial charge in [0.1, 0.15) is 10.7 Å². The van der Waals surface area contributed by atoms with E-state index in [-0.39, 0.29) is 0 Å². The summed E-state index contributed by atoms with van der Waals surface area (Å²) < 4.78 is 5.46. The summed E-state index contributed by atoms with van der Waals surface area (Å²) in [6, 6.07) is 2.94. The van der Waals surface area contributed by atoms with Gasteiger partial charge in [-0.1, -0.05) is 13.8 Å². The van der Waals surface area contributed by atoms with Crippen LogP contribution in [0.5, 0.6) is 0 Å². The minimum atomic E-state index is 0.516. The summed E-state index contributed by atoms with van der Waals surface area (Å²) in [6.07, 6.45) is 7.47. The fraction of sp³-hybridized carbons (Fsp3) is 0.714. The average molecular weight is 374 g/mol. The minimum absolute atomic E-state index is 0.516. The summed E-state index contributed by atoms with van der Waals surface area (Å²) in [4.78, 5) is 12.2. The Morgan fingerprint density at radius 3 is 2.62 bits per heavy atom. The first-order valence-corrected chi connectivity index (χ1v) is 10.9. The van der Waals surface area contributed by atoms with Gasteiger partial charge in [-0.2, -0.15) is 0 Å². The highest BCUT2D eigenvalue weighted by molar-refractivity contribution is 7.18. The monoisotopic (exact) mass is 373 g/mol. The average Bonchev–Trinajstić information content (AvgIpc) is 3.04. The molecule has 4 rings (SSSR count). The van der Waals surface area contributed by atoms with Crippen LogP contribution in [0.4, 0.5) is 0 Å². The number of aryl methyl sites for hydroxylation is 1. The fourth-order valence-electron chi connectivity index (χ4n) is 4.28. The highest BCUT2D eigenvalue weighted by Crippen LogP contribution is 2.45. The van der Waals surface area contributed by atoms with Crippen molar-refractivity contribution in [1.82, 2.24) is 15.3 Å². The molecule has 2 aromatic heterocycles. The van der Waals surface area contributed by atoms with Gasteiger partial charge in [0, 0.05) is 36.1 Å². The van der Waals surface area contributed by atoms with Gasteiger partial charge in [-0.15, -0.1) is 11.3 Å². The van der Waals surface area contributed by atoms with Gasteiger partial charge in [0.15, 0.2) is 0 Å². The first-order valence-electron chi connectivity index (χ1n) is 10.1. The largest absolute Gasteiger partial charge is 0.381 e. The quantitative estimate of drug-likeness (QED) is 0.823. The number of rotatable bonds is 4. The second-order valence-corrected chi connectivity index (χ2v) is 9.85. The Morgan fingerprint density at radius 1 is 1.15 bits per heavy atom. The van der Waals surface area contributed by atoms with Gasteiger partial charge >= 0.3 is 0 Å². The predicted octanol–water partition coefficient (Wildman–Crippen LogP) is 4.95. The first-order chi connectivity index (χ1) is 12.5. The molecule has 0 aromatic carbocycles. The molecule has 0 bridgehead atoms. The van der Waals surface area contributed by atoms with Gasteiger partial charge in [-0.05, 0) is 62.8 Å². The lowest BCUT2D eigenvalue weighted by atomic mass is 9.73. The van der Waals surface area contributed by atoms with Crippen LogP contribution in [0.2, 0.25) is 0 Å². The van der Waals surface area contributed by atoms with E-state index in [0.717, 1.165) is 44.1 Å². The summed E-state index contributed by atoms with van der Waals surface area (Å²) in [5.74, 6) is 1.60. The van der Waals surface area contributed by atoms with Crippen LogP contribution in [-0.4, -0.2) is 29.2 Å². The van der Waals surface area contributed by atoms with Crippen LogP contribution in [0, 0.1) is 12.3 Å². The molecule has 0 atom stereocenters. The molecule has 0 spiro atoms. The molecule has 1 N–H and O–H groups in total. The summed E-state index contributed by atoms with van der Waals surface area (Å²) in [5.41, 5.74) is 1.68. The van der Waals surface area contributed by atoms with E-state index in [1.807, 2.05) is 18.3 Å². The number of nitrogens with one attached hydrogen (secondary N) is 1. The maximum Gasteiger partial charge on any atom is 0.127 e. The van der Waals surface area contributed by atoms with Crippen molar-refractivity contribution >= 4 is 21.6 Å². The molecule has 26 heavy (non-hydrogen) atoms. The van der Waals surface area contributed by atoms with E-state index in [2.05, 4.69) is 25.2 Å². The van der Waals surface area contributed by atoms with Crippen molar-refractivity contribution in [3.8, 4) is 0 Å². The smallest absolute Gasteiger partial charge is 0.127 e. The molecule has 142 valence electrons. The number of hydrogen-bond acceptors (Lipinski definition) is 5. The number of aromatic nitrogens is 2. The van der Waals surface area contributed by atoms with Crippen LogP contribution >= 0.6 is 11.3 Å². The molecule has 0 unspecified atom stereocenters. The van der Waals surface area contributed by atoms with Gasteiger partial charge in [-0.25, -0.2) is 9.97 Å². The van der Waals surface area contributed by atoms with Crippen LogP contribution in [-0.2, 0) is 11.3 Å². The zero-order chi connectivity index (χ0) is 18.1. The third-order valence-electron chi connectivity index (χ3n) is 6.12. The molecule has 1 aliphatic carbocycles. The zero-order valence-corrected chi connectivity index (χ0v) is 17.1. The number of nitrogens with zero attached hydrogens (tertiary/aromatic N) is 2. The molecule has 2 aliphatic rings. The number of hydrogen-bond donors (Lipinski definition) is 1. The van der Waals surface area contributed by atoms with Gasteiger partial charge in [0.25, 0.3) is 0 Å². The van der Waals surface area contributed by atoms with Crippen molar-refractivity contribution in [2.45, 2.75) is 77.8 Å². The summed E-state index contributed by atoms with van der Waals surface area (Å²) in [5, 5.41) is 4.96. The van der Waals surface area contributed by atoms with Crippen LogP contribution in [0.3, 0.4) is 0 Å². The second kappa shape index (κ2) is 7.53. The van der Waals surface area contributed by atoms with Crippen LogP contribution in [0.25, 0.3) is 10.2 Å². The van der Waals surface area contributed by atoms with Crippen LogP contribution in [0.15, 0.2) is 6.07 Å². The van der Waals surface area contributed by atoms with Crippen molar-refractivity contribution in [1.29, 1.82) is 0 Å². The van der Waals surface area contributed by atoms with E-state index in [1.54, 1.807) is 0 Å². The third kappa shape index (κ3) is 4.10. The number of ether oxygens (including phenoxy) is 1. The number of fused-ring (bicyclic) bond motifs is 1. The summed E-state index contributed by atoms with van der Waals surface area (Å²) >= 11 is 1.89. The number of thiophene rings is 1. The lowest BCUT2D eigenvalue weighted by Crippen LogP contribution is -2.34. The molecule has 3 heterocycles. The normalized spacial score (nSPS) is 22.1. The Labute approximate surface area is 160 Å². The van der Waals surface area contributed by atoms with E-state index < -0.39 is 0 Å². The Hall–Kier alpha value is -1.04. The SMILES string of the molecule is Cc1nc(CNC2CCOCC2)c2cc(C3CCC(C)(C)CC3)sc2n1. The van der Waals surface area contributed by atoms with Crippen molar-refractivity contribution in [3.63, 3.8) is 0 Å². The van der Waals surface area contributed by atoms with Gasteiger partial charge in [-0.3, -0.25) is 0 Å².